The molecule has 0 radical (unpaired) electrons. The van der Waals surface area contributed by atoms with Crippen LogP contribution in [0.25, 0.3) is 0 Å². The Morgan fingerprint density at radius 2 is 1.64 bits per heavy atom. The van der Waals surface area contributed by atoms with Crippen molar-refractivity contribution in [3.05, 3.63) is 35.9 Å². The zero-order valence-corrected chi connectivity index (χ0v) is 15.3. The summed E-state index contributed by atoms with van der Waals surface area (Å²) in [7, 11) is 2.13. The summed E-state index contributed by atoms with van der Waals surface area (Å²) in [4.78, 5) is 33.0. The van der Waals surface area contributed by atoms with Crippen LogP contribution in [0.5, 0.6) is 0 Å². The fourth-order valence-electron chi connectivity index (χ4n) is 4.04. The second-order valence-electron chi connectivity index (χ2n) is 7.15. The van der Waals surface area contributed by atoms with Crippen LogP contribution in [0, 0.1) is 0 Å². The zero-order valence-electron chi connectivity index (χ0n) is 15.3. The molecule has 0 aliphatic carbocycles. The van der Waals surface area contributed by atoms with Gasteiger partial charge in [-0.3, -0.25) is 9.69 Å². The first-order valence-electron chi connectivity index (χ1n) is 9.03. The topological polar surface area (TPSA) is 137 Å². The highest BCUT2D eigenvalue weighted by molar-refractivity contribution is 6.27. The molecule has 0 unspecified atom stereocenters. The van der Waals surface area contributed by atoms with Gasteiger partial charge < -0.3 is 24.8 Å². The van der Waals surface area contributed by atoms with Crippen LogP contribution in [0.1, 0.15) is 24.3 Å². The van der Waals surface area contributed by atoms with Gasteiger partial charge in [-0.05, 0) is 12.6 Å². The van der Waals surface area contributed by atoms with E-state index in [0.29, 0.717) is 24.3 Å². The van der Waals surface area contributed by atoms with Crippen molar-refractivity contribution < 1.29 is 39.2 Å². The monoisotopic (exact) mass is 393 g/mol. The molecule has 6 atom stereocenters. The Balaban J connectivity index is 0.000000330. The van der Waals surface area contributed by atoms with Crippen molar-refractivity contribution >= 4 is 17.9 Å². The number of carboxylic acid groups (broad SMARTS) is 2. The summed E-state index contributed by atoms with van der Waals surface area (Å²) in [5.74, 6) is -4.56. The lowest BCUT2D eigenvalue weighted by Gasteiger charge is -2.38. The number of carbonyl (C=O) groups excluding carboxylic acids is 1. The third kappa shape index (κ3) is 4.16. The van der Waals surface area contributed by atoms with E-state index in [4.69, 9.17) is 29.3 Å². The molecule has 3 aliphatic heterocycles. The molecule has 28 heavy (non-hydrogen) atoms. The number of carbonyl (C=O) groups is 3. The number of hydrogen-bond acceptors (Lipinski definition) is 7. The summed E-state index contributed by atoms with van der Waals surface area (Å²) in [5, 5.41) is 24.3. The van der Waals surface area contributed by atoms with Gasteiger partial charge in [0.1, 0.15) is 24.2 Å². The number of likely N-dealkylation sites (N-methyl/N-ethyl adjacent to an activating group) is 1. The standard InChI is InChI=1S/C17H21NO4.C2H2O4/c1-18-13-7-11(8-14(18)16-15(13)22-16)21-17(20)12(9-19)10-5-3-2-4-6-10;3-1(4)2(5)6/h2-6,11-16,19H,7-9H2,1H3;(H,3,4)(H,5,6)/t11-,12-,13-,14+,15-,16+;/m1./s1. The second-order valence-corrected chi connectivity index (χ2v) is 7.15. The van der Waals surface area contributed by atoms with Crippen LogP contribution in [0.15, 0.2) is 30.3 Å². The van der Waals surface area contributed by atoms with E-state index in [-0.39, 0.29) is 18.7 Å². The number of esters is 1. The smallest absolute Gasteiger partial charge is 0.414 e. The summed E-state index contributed by atoms with van der Waals surface area (Å²) in [6.45, 7) is -0.226. The highest BCUT2D eigenvalue weighted by Crippen LogP contribution is 2.48. The molecule has 3 heterocycles. The number of aliphatic carboxylic acids is 2. The van der Waals surface area contributed by atoms with E-state index in [2.05, 4.69) is 11.9 Å². The normalized spacial score (nSPS) is 31.0. The highest BCUT2D eigenvalue weighted by atomic mass is 16.6. The first-order valence-corrected chi connectivity index (χ1v) is 9.03. The van der Waals surface area contributed by atoms with E-state index in [9.17, 15) is 9.90 Å². The molecular formula is C19H23NO8. The maximum Gasteiger partial charge on any atom is 0.414 e. The number of hydrogen-bond donors (Lipinski definition) is 3. The van der Waals surface area contributed by atoms with Crippen LogP contribution in [0.4, 0.5) is 0 Å². The third-order valence-corrected chi connectivity index (χ3v) is 5.51. The lowest BCUT2D eigenvalue weighted by Crippen LogP contribution is -2.48. The van der Waals surface area contributed by atoms with Crippen molar-refractivity contribution in [1.82, 2.24) is 4.90 Å². The van der Waals surface area contributed by atoms with E-state index in [0.717, 1.165) is 18.4 Å². The summed E-state index contributed by atoms with van der Waals surface area (Å²) in [6, 6.07) is 10.1. The molecule has 3 saturated heterocycles. The van der Waals surface area contributed by atoms with E-state index in [1.165, 1.54) is 0 Å². The van der Waals surface area contributed by atoms with Gasteiger partial charge >= 0.3 is 17.9 Å². The summed E-state index contributed by atoms with van der Waals surface area (Å²) < 4.78 is 11.4. The van der Waals surface area contributed by atoms with Crippen molar-refractivity contribution in [2.24, 2.45) is 0 Å². The van der Waals surface area contributed by atoms with E-state index in [1.807, 2.05) is 30.3 Å². The Kier molecular flexibility index (Phi) is 5.97. The molecule has 0 saturated carbocycles. The molecule has 3 aliphatic rings. The highest BCUT2D eigenvalue weighted by Gasteiger charge is 2.62. The maximum atomic E-state index is 12.4. The number of piperidine rings is 1. The summed E-state index contributed by atoms with van der Waals surface area (Å²) in [5.41, 5.74) is 0.803. The predicted molar refractivity (Wildman–Crippen MR) is 94.7 cm³/mol. The number of carboxylic acids is 2. The fraction of sp³-hybridized carbons (Fsp3) is 0.526. The SMILES string of the molecule is CN1[C@@H]2C[C@@H](OC(=O)[C@H](CO)c3ccccc3)C[C@H]1[C@@H]1O[C@@H]12.O=C(O)C(=O)O. The molecule has 1 aromatic rings. The van der Waals surface area contributed by atoms with Crippen LogP contribution in [0.2, 0.25) is 0 Å². The lowest BCUT2D eigenvalue weighted by atomic mass is 9.97. The minimum absolute atomic E-state index is 0.0622. The van der Waals surface area contributed by atoms with Crippen molar-refractivity contribution in [3.63, 3.8) is 0 Å². The van der Waals surface area contributed by atoms with Crippen molar-refractivity contribution in [2.45, 2.75) is 49.2 Å². The van der Waals surface area contributed by atoms with Gasteiger partial charge in [0.25, 0.3) is 0 Å². The van der Waals surface area contributed by atoms with Crippen molar-refractivity contribution in [3.8, 4) is 0 Å². The van der Waals surface area contributed by atoms with Gasteiger partial charge in [-0.1, -0.05) is 30.3 Å². The average Bonchev–Trinajstić information content (AvgIpc) is 3.42. The number of fused-ring (bicyclic) bond motifs is 5. The third-order valence-electron chi connectivity index (χ3n) is 5.51. The summed E-state index contributed by atoms with van der Waals surface area (Å²) in [6.07, 6.45) is 2.26. The molecule has 3 fully saturated rings. The molecular weight excluding hydrogens is 370 g/mol. The summed E-state index contributed by atoms with van der Waals surface area (Å²) >= 11 is 0. The Bertz CT molecular complexity index is 709. The maximum absolute atomic E-state index is 12.4. The van der Waals surface area contributed by atoms with Crippen LogP contribution in [-0.4, -0.2) is 82.2 Å². The first kappa shape index (κ1) is 20.2. The Morgan fingerprint density at radius 3 is 2.11 bits per heavy atom. The van der Waals surface area contributed by atoms with Crippen molar-refractivity contribution in [2.75, 3.05) is 13.7 Å². The van der Waals surface area contributed by atoms with Crippen LogP contribution in [-0.2, 0) is 23.9 Å². The number of epoxide rings is 1. The molecule has 9 nitrogen and oxygen atoms in total. The molecule has 2 bridgehead atoms. The molecule has 4 rings (SSSR count). The Hall–Kier alpha value is -2.49. The van der Waals surface area contributed by atoms with Gasteiger partial charge in [-0.25, -0.2) is 9.59 Å². The lowest BCUT2D eigenvalue weighted by molar-refractivity contribution is -0.159. The zero-order chi connectivity index (χ0) is 20.4. The van der Waals surface area contributed by atoms with E-state index >= 15 is 0 Å². The number of aliphatic hydroxyl groups is 1. The van der Waals surface area contributed by atoms with Gasteiger partial charge in [0.2, 0.25) is 0 Å². The number of nitrogens with zero attached hydrogens (tertiary/aromatic N) is 1. The van der Waals surface area contributed by atoms with E-state index < -0.39 is 17.9 Å². The van der Waals surface area contributed by atoms with Crippen LogP contribution < -0.4 is 0 Å². The number of aliphatic hydroxyl groups excluding tert-OH is 1. The Labute approximate surface area is 161 Å². The molecule has 0 spiro atoms. The van der Waals surface area contributed by atoms with Gasteiger partial charge in [-0.2, -0.15) is 0 Å². The Morgan fingerprint density at radius 1 is 1.11 bits per heavy atom. The second kappa shape index (κ2) is 8.26. The van der Waals surface area contributed by atoms with Crippen molar-refractivity contribution in [1.29, 1.82) is 0 Å². The average molecular weight is 393 g/mol. The first-order chi connectivity index (χ1) is 13.3. The van der Waals surface area contributed by atoms with Gasteiger partial charge in [0.05, 0.1) is 6.61 Å². The number of ether oxygens (including phenoxy) is 2. The quantitative estimate of drug-likeness (QED) is 0.369. The van der Waals surface area contributed by atoms with Gasteiger partial charge in [-0.15, -0.1) is 0 Å². The fourth-order valence-corrected chi connectivity index (χ4v) is 4.04. The minimum atomic E-state index is -1.82. The predicted octanol–water partition coefficient (Wildman–Crippen LogP) is 0.0737. The number of benzene rings is 1. The molecule has 9 heteroatoms. The molecule has 0 amide bonds. The number of morpholine rings is 1. The van der Waals surface area contributed by atoms with Gasteiger partial charge in [0, 0.05) is 24.9 Å². The van der Waals surface area contributed by atoms with Gasteiger partial charge in [0.15, 0.2) is 0 Å². The van der Waals surface area contributed by atoms with Crippen LogP contribution >= 0.6 is 0 Å². The molecule has 1 aromatic carbocycles. The van der Waals surface area contributed by atoms with E-state index in [1.54, 1.807) is 0 Å². The largest absolute Gasteiger partial charge is 0.473 e. The minimum Gasteiger partial charge on any atom is -0.473 e. The molecule has 3 N–H and O–H groups in total. The number of rotatable bonds is 4. The van der Waals surface area contributed by atoms with Crippen LogP contribution in [0.3, 0.4) is 0 Å². The molecule has 0 aromatic heterocycles. The molecule has 152 valence electrons.